The number of benzene rings is 2. The van der Waals surface area contributed by atoms with Gasteiger partial charge in [0, 0.05) is 13.1 Å². The second kappa shape index (κ2) is 13.4. The van der Waals surface area contributed by atoms with Gasteiger partial charge in [0.15, 0.2) is 5.96 Å². The summed E-state index contributed by atoms with van der Waals surface area (Å²) < 4.78 is 5.78. The molecule has 148 valence electrons. The Labute approximate surface area is 179 Å². The average molecular weight is 483 g/mol. The zero-order valence-corrected chi connectivity index (χ0v) is 18.4. The quantitative estimate of drug-likeness (QED) is 0.221. The van der Waals surface area contributed by atoms with Crippen LogP contribution in [-0.2, 0) is 0 Å². The Morgan fingerprint density at radius 2 is 1.78 bits per heavy atom. The van der Waals surface area contributed by atoms with Crippen molar-refractivity contribution in [1.82, 2.24) is 10.6 Å². The number of aryl methyl sites for hydroxylation is 1. The van der Waals surface area contributed by atoms with Crippen LogP contribution in [0.15, 0.2) is 59.6 Å². The van der Waals surface area contributed by atoms with Gasteiger partial charge in [-0.2, -0.15) is 0 Å². The third-order valence-corrected chi connectivity index (χ3v) is 3.95. The number of aliphatic hydroxyl groups excluding tert-OH is 1. The molecule has 5 nitrogen and oxygen atoms in total. The maximum atomic E-state index is 10.2. The molecule has 0 aliphatic rings. The van der Waals surface area contributed by atoms with E-state index in [1.807, 2.05) is 68.4 Å². The van der Waals surface area contributed by atoms with Crippen molar-refractivity contribution < 1.29 is 9.84 Å². The summed E-state index contributed by atoms with van der Waals surface area (Å²) in [7, 11) is 0. The van der Waals surface area contributed by atoms with Crippen LogP contribution in [0.3, 0.4) is 0 Å². The number of hydrogen-bond donors (Lipinski definition) is 3. The standard InChI is InChI=1S/C21H29N3O2.HI/c1-3-22-21(23-14-13-19(25)18-10-5-4-6-11-18)24-15-16-26-20-12-8-7-9-17(20)2;/h4-12,19,25H,3,13-16H2,1-2H3,(H2,22,23,24);1H. The summed E-state index contributed by atoms with van der Waals surface area (Å²) in [4.78, 5) is 4.52. The van der Waals surface area contributed by atoms with E-state index in [1.54, 1.807) is 0 Å². The van der Waals surface area contributed by atoms with Gasteiger partial charge in [-0.15, -0.1) is 24.0 Å². The van der Waals surface area contributed by atoms with Crippen LogP contribution < -0.4 is 15.4 Å². The van der Waals surface area contributed by atoms with E-state index in [9.17, 15) is 5.11 Å². The fraction of sp³-hybridized carbons (Fsp3) is 0.381. The van der Waals surface area contributed by atoms with E-state index in [4.69, 9.17) is 4.74 Å². The van der Waals surface area contributed by atoms with Crippen LogP contribution >= 0.6 is 24.0 Å². The number of halogens is 1. The third kappa shape index (κ3) is 8.62. The van der Waals surface area contributed by atoms with Crippen molar-refractivity contribution in [2.24, 2.45) is 4.99 Å². The van der Waals surface area contributed by atoms with E-state index in [0.717, 1.165) is 29.4 Å². The first-order chi connectivity index (χ1) is 12.7. The number of guanidine groups is 1. The number of aliphatic hydroxyl groups is 1. The fourth-order valence-electron chi connectivity index (χ4n) is 2.53. The highest BCUT2D eigenvalue weighted by atomic mass is 127. The molecule has 0 bridgehead atoms. The van der Waals surface area contributed by atoms with Crippen LogP contribution in [0.4, 0.5) is 0 Å². The van der Waals surface area contributed by atoms with Crippen molar-refractivity contribution in [1.29, 1.82) is 0 Å². The van der Waals surface area contributed by atoms with Crippen LogP contribution in [-0.4, -0.2) is 37.3 Å². The minimum Gasteiger partial charge on any atom is -0.491 e. The molecule has 0 amide bonds. The van der Waals surface area contributed by atoms with Gasteiger partial charge in [-0.25, -0.2) is 0 Å². The number of rotatable bonds is 9. The molecule has 3 N–H and O–H groups in total. The molecule has 0 heterocycles. The Hall–Kier alpha value is -1.80. The number of para-hydroxylation sites is 1. The molecule has 2 rings (SSSR count). The molecule has 0 fully saturated rings. The molecular weight excluding hydrogens is 453 g/mol. The summed E-state index contributed by atoms with van der Waals surface area (Å²) in [5.74, 6) is 1.64. The molecule has 2 aromatic rings. The van der Waals surface area contributed by atoms with Crippen molar-refractivity contribution in [3.63, 3.8) is 0 Å². The van der Waals surface area contributed by atoms with Gasteiger partial charge < -0.3 is 20.5 Å². The molecule has 0 aliphatic heterocycles. The second-order valence-corrected chi connectivity index (χ2v) is 6.02. The zero-order valence-electron chi connectivity index (χ0n) is 16.0. The number of hydrogen-bond acceptors (Lipinski definition) is 3. The predicted molar refractivity (Wildman–Crippen MR) is 122 cm³/mol. The zero-order chi connectivity index (χ0) is 18.6. The summed E-state index contributed by atoms with van der Waals surface area (Å²) in [6.45, 7) is 6.60. The summed E-state index contributed by atoms with van der Waals surface area (Å²) in [6.07, 6.45) is 0.0903. The molecule has 27 heavy (non-hydrogen) atoms. The molecule has 0 spiro atoms. The second-order valence-electron chi connectivity index (χ2n) is 6.02. The molecule has 1 atom stereocenters. The van der Waals surface area contributed by atoms with Crippen LogP contribution in [0.2, 0.25) is 0 Å². The van der Waals surface area contributed by atoms with E-state index in [0.29, 0.717) is 26.1 Å². The average Bonchev–Trinajstić information content (AvgIpc) is 2.67. The summed E-state index contributed by atoms with van der Waals surface area (Å²) in [5.41, 5.74) is 2.05. The molecule has 0 aromatic heterocycles. The molecule has 0 saturated carbocycles. The minimum absolute atomic E-state index is 0. The minimum atomic E-state index is -0.493. The lowest BCUT2D eigenvalue weighted by Crippen LogP contribution is -2.39. The Bertz CT molecular complexity index is 680. The van der Waals surface area contributed by atoms with E-state index in [1.165, 1.54) is 0 Å². The van der Waals surface area contributed by atoms with Crippen LogP contribution in [0.1, 0.15) is 30.6 Å². The fourth-order valence-corrected chi connectivity index (χ4v) is 2.53. The maximum absolute atomic E-state index is 10.2. The molecule has 2 aromatic carbocycles. The van der Waals surface area contributed by atoms with Gasteiger partial charge >= 0.3 is 0 Å². The van der Waals surface area contributed by atoms with Gasteiger partial charge in [0.2, 0.25) is 0 Å². The molecular formula is C21H30IN3O2. The number of nitrogens with zero attached hydrogens (tertiary/aromatic N) is 1. The maximum Gasteiger partial charge on any atom is 0.191 e. The Morgan fingerprint density at radius 3 is 2.48 bits per heavy atom. The molecule has 0 saturated heterocycles. The van der Waals surface area contributed by atoms with E-state index >= 15 is 0 Å². The monoisotopic (exact) mass is 483 g/mol. The van der Waals surface area contributed by atoms with Crippen molar-refractivity contribution >= 4 is 29.9 Å². The molecule has 0 radical (unpaired) electrons. The largest absolute Gasteiger partial charge is 0.491 e. The normalized spacial score (nSPS) is 12.0. The first-order valence-corrected chi connectivity index (χ1v) is 9.14. The smallest absolute Gasteiger partial charge is 0.191 e. The highest BCUT2D eigenvalue weighted by Crippen LogP contribution is 2.16. The summed E-state index contributed by atoms with van der Waals surface area (Å²) >= 11 is 0. The van der Waals surface area contributed by atoms with Gasteiger partial charge in [0.05, 0.1) is 12.6 Å². The number of nitrogens with one attached hydrogen (secondary N) is 2. The van der Waals surface area contributed by atoms with Gasteiger partial charge in [0.25, 0.3) is 0 Å². The van der Waals surface area contributed by atoms with E-state index < -0.39 is 6.10 Å². The Kier molecular flexibility index (Phi) is 11.5. The Balaban J connectivity index is 0.00000364. The SMILES string of the molecule is CCNC(=NCCC(O)c1ccccc1)NCCOc1ccccc1C.I. The van der Waals surface area contributed by atoms with Gasteiger partial charge in [0.1, 0.15) is 12.4 Å². The highest BCUT2D eigenvalue weighted by Gasteiger charge is 2.06. The topological polar surface area (TPSA) is 65.9 Å². The lowest BCUT2D eigenvalue weighted by atomic mass is 10.1. The van der Waals surface area contributed by atoms with Crippen LogP contribution in [0, 0.1) is 6.92 Å². The number of aliphatic imine (C=N–C) groups is 1. The van der Waals surface area contributed by atoms with Gasteiger partial charge in [-0.1, -0.05) is 48.5 Å². The predicted octanol–water partition coefficient (Wildman–Crippen LogP) is 3.67. The van der Waals surface area contributed by atoms with Crippen molar-refractivity contribution in [2.45, 2.75) is 26.4 Å². The van der Waals surface area contributed by atoms with Crippen LogP contribution in [0.25, 0.3) is 0 Å². The highest BCUT2D eigenvalue weighted by molar-refractivity contribution is 14.0. The van der Waals surface area contributed by atoms with Gasteiger partial charge in [-0.05, 0) is 37.5 Å². The molecule has 1 unspecified atom stereocenters. The molecule has 0 aliphatic carbocycles. The first-order valence-electron chi connectivity index (χ1n) is 9.14. The third-order valence-electron chi connectivity index (χ3n) is 3.95. The molecule has 6 heteroatoms. The van der Waals surface area contributed by atoms with Crippen molar-refractivity contribution in [2.75, 3.05) is 26.2 Å². The van der Waals surface area contributed by atoms with E-state index in [-0.39, 0.29) is 24.0 Å². The van der Waals surface area contributed by atoms with Crippen molar-refractivity contribution in [3.8, 4) is 5.75 Å². The summed E-state index contributed by atoms with van der Waals surface area (Å²) in [5, 5.41) is 16.7. The first kappa shape index (κ1) is 23.2. The summed E-state index contributed by atoms with van der Waals surface area (Å²) in [6, 6.07) is 17.7. The van der Waals surface area contributed by atoms with E-state index in [2.05, 4.69) is 15.6 Å². The lowest BCUT2D eigenvalue weighted by molar-refractivity contribution is 0.170. The van der Waals surface area contributed by atoms with Crippen molar-refractivity contribution in [3.05, 3.63) is 65.7 Å². The van der Waals surface area contributed by atoms with Crippen LogP contribution in [0.5, 0.6) is 5.75 Å². The lowest BCUT2D eigenvalue weighted by Gasteiger charge is -2.14. The number of ether oxygens (including phenoxy) is 1. The van der Waals surface area contributed by atoms with Gasteiger partial charge in [-0.3, -0.25) is 4.99 Å². The Morgan fingerprint density at radius 1 is 1.07 bits per heavy atom.